The number of benzene rings is 1. The van der Waals surface area contributed by atoms with Crippen LogP contribution in [-0.2, 0) is 12.8 Å². The van der Waals surface area contributed by atoms with Crippen LogP contribution < -0.4 is 0 Å². The minimum atomic E-state index is -1.06. The molecule has 0 radical (unpaired) electrons. The Morgan fingerprint density at radius 3 is 2.95 bits per heavy atom. The molecule has 3 N–H and O–H groups in total. The molecule has 0 aliphatic heterocycles. The number of carbonyl (C=O) groups is 1. The molecular formula is C12H12N6O2. The van der Waals surface area contributed by atoms with E-state index in [0.29, 0.717) is 5.52 Å². The van der Waals surface area contributed by atoms with E-state index in [1.54, 1.807) is 0 Å². The monoisotopic (exact) mass is 272 g/mol. The molecule has 2 heterocycles. The van der Waals surface area contributed by atoms with Gasteiger partial charge in [0.15, 0.2) is 0 Å². The molecule has 20 heavy (non-hydrogen) atoms. The molecular weight excluding hydrogens is 260 g/mol. The third-order valence-electron chi connectivity index (χ3n) is 3.05. The normalized spacial score (nSPS) is 11.0. The highest BCUT2D eigenvalue weighted by atomic mass is 16.4. The zero-order valence-corrected chi connectivity index (χ0v) is 10.5. The van der Waals surface area contributed by atoms with Crippen LogP contribution in [0, 0.1) is 0 Å². The predicted octanol–water partition coefficient (Wildman–Crippen LogP) is 0.949. The van der Waals surface area contributed by atoms with Crippen LogP contribution in [0.4, 0.5) is 0 Å². The number of carboxylic acids is 1. The molecule has 1 aromatic carbocycles. The van der Waals surface area contributed by atoms with Crippen LogP contribution in [0.3, 0.4) is 0 Å². The standard InChI is InChI=1S/C12H12N6O2/c19-12(20)11-13-8-5-1-3-7(10(8)14-11)4-2-6-9-15-17-18-16-9/h1,3,5H,2,4,6H2,(H,13,14)(H,19,20)(H,15,16,17,18). The number of aryl methyl sites for hydroxylation is 2. The van der Waals surface area contributed by atoms with Gasteiger partial charge in [-0.15, -0.1) is 5.10 Å². The first kappa shape index (κ1) is 12.3. The predicted molar refractivity (Wildman–Crippen MR) is 69.3 cm³/mol. The summed E-state index contributed by atoms with van der Waals surface area (Å²) >= 11 is 0. The molecule has 0 bridgehead atoms. The summed E-state index contributed by atoms with van der Waals surface area (Å²) in [6, 6.07) is 5.66. The lowest BCUT2D eigenvalue weighted by Crippen LogP contribution is -1.98. The van der Waals surface area contributed by atoms with E-state index in [1.165, 1.54) is 0 Å². The Morgan fingerprint density at radius 2 is 2.20 bits per heavy atom. The summed E-state index contributed by atoms with van der Waals surface area (Å²) in [6.07, 6.45) is 2.37. The second kappa shape index (κ2) is 5.08. The maximum atomic E-state index is 10.9. The highest BCUT2D eigenvalue weighted by Crippen LogP contribution is 2.18. The molecule has 0 aliphatic carbocycles. The van der Waals surface area contributed by atoms with Crippen LogP contribution in [-0.4, -0.2) is 41.7 Å². The van der Waals surface area contributed by atoms with E-state index in [0.717, 1.165) is 36.2 Å². The molecule has 8 heteroatoms. The molecule has 0 saturated heterocycles. The van der Waals surface area contributed by atoms with Gasteiger partial charge >= 0.3 is 5.97 Å². The number of rotatable bonds is 5. The Labute approximate surface area is 113 Å². The van der Waals surface area contributed by atoms with Gasteiger partial charge in [-0.3, -0.25) is 0 Å². The molecule has 3 aromatic rings. The van der Waals surface area contributed by atoms with Gasteiger partial charge in [0.25, 0.3) is 0 Å². The third-order valence-corrected chi connectivity index (χ3v) is 3.05. The number of nitrogens with one attached hydrogen (secondary N) is 2. The lowest BCUT2D eigenvalue weighted by molar-refractivity contribution is 0.0685. The summed E-state index contributed by atoms with van der Waals surface area (Å²) in [5.74, 6) is -0.350. The molecule has 8 nitrogen and oxygen atoms in total. The SMILES string of the molecule is O=C(O)c1nc2c(CCCc3nnn[nH]3)cccc2[nH]1. The zero-order chi connectivity index (χ0) is 13.9. The van der Waals surface area contributed by atoms with E-state index < -0.39 is 5.97 Å². The number of para-hydroxylation sites is 1. The fraction of sp³-hybridized carbons (Fsp3) is 0.250. The van der Waals surface area contributed by atoms with Gasteiger partial charge in [0.2, 0.25) is 5.82 Å². The summed E-state index contributed by atoms with van der Waals surface area (Å²) in [5.41, 5.74) is 2.46. The van der Waals surface area contributed by atoms with Crippen LogP contribution >= 0.6 is 0 Å². The van der Waals surface area contributed by atoms with Crippen molar-refractivity contribution in [2.24, 2.45) is 0 Å². The lowest BCUT2D eigenvalue weighted by Gasteiger charge is -2.00. The van der Waals surface area contributed by atoms with Gasteiger partial charge in [-0.2, -0.15) is 0 Å². The van der Waals surface area contributed by atoms with E-state index in [4.69, 9.17) is 5.11 Å². The Bertz CT molecular complexity index is 734. The van der Waals surface area contributed by atoms with Gasteiger partial charge in [0, 0.05) is 6.42 Å². The first-order chi connectivity index (χ1) is 9.74. The van der Waals surface area contributed by atoms with Gasteiger partial charge in [0.1, 0.15) is 5.82 Å². The molecule has 0 saturated carbocycles. The minimum absolute atomic E-state index is 0.0353. The second-order valence-corrected chi connectivity index (χ2v) is 4.41. The molecule has 2 aromatic heterocycles. The van der Waals surface area contributed by atoms with Gasteiger partial charge in [0.05, 0.1) is 11.0 Å². The summed E-state index contributed by atoms with van der Waals surface area (Å²) < 4.78 is 0. The maximum Gasteiger partial charge on any atom is 0.371 e. The first-order valence-corrected chi connectivity index (χ1v) is 6.17. The Hall–Kier alpha value is -2.77. The number of aromatic carboxylic acids is 1. The van der Waals surface area contributed by atoms with E-state index >= 15 is 0 Å². The number of carboxylic acid groups (broad SMARTS) is 1. The van der Waals surface area contributed by atoms with Crippen molar-refractivity contribution in [3.8, 4) is 0 Å². The Morgan fingerprint density at radius 1 is 1.30 bits per heavy atom. The summed E-state index contributed by atoms with van der Waals surface area (Å²) in [6.45, 7) is 0. The number of tetrazole rings is 1. The molecule has 0 spiro atoms. The van der Waals surface area contributed by atoms with Crippen molar-refractivity contribution in [3.63, 3.8) is 0 Å². The van der Waals surface area contributed by atoms with E-state index in [2.05, 4.69) is 30.6 Å². The van der Waals surface area contributed by atoms with Crippen molar-refractivity contribution in [1.82, 2.24) is 30.6 Å². The Balaban J connectivity index is 1.78. The highest BCUT2D eigenvalue weighted by Gasteiger charge is 2.12. The van der Waals surface area contributed by atoms with Crippen LogP contribution in [0.1, 0.15) is 28.4 Å². The van der Waals surface area contributed by atoms with Crippen molar-refractivity contribution >= 4 is 17.0 Å². The second-order valence-electron chi connectivity index (χ2n) is 4.41. The smallest absolute Gasteiger partial charge is 0.371 e. The van der Waals surface area contributed by atoms with Crippen molar-refractivity contribution in [3.05, 3.63) is 35.4 Å². The number of hydrogen-bond acceptors (Lipinski definition) is 5. The van der Waals surface area contributed by atoms with E-state index in [9.17, 15) is 4.79 Å². The van der Waals surface area contributed by atoms with Gasteiger partial charge in [-0.1, -0.05) is 12.1 Å². The van der Waals surface area contributed by atoms with Crippen LogP contribution in [0.25, 0.3) is 11.0 Å². The molecule has 0 unspecified atom stereocenters. The van der Waals surface area contributed by atoms with Crippen molar-refractivity contribution in [2.75, 3.05) is 0 Å². The molecule has 0 fully saturated rings. The van der Waals surface area contributed by atoms with Gasteiger partial charge < -0.3 is 10.1 Å². The summed E-state index contributed by atoms with van der Waals surface area (Å²) in [4.78, 5) is 17.8. The Kier molecular flexibility index (Phi) is 3.12. The molecule has 0 amide bonds. The average molecular weight is 272 g/mol. The number of H-pyrrole nitrogens is 2. The number of hydrogen-bond donors (Lipinski definition) is 3. The van der Waals surface area contributed by atoms with E-state index in [-0.39, 0.29) is 5.82 Å². The fourth-order valence-corrected chi connectivity index (χ4v) is 2.13. The van der Waals surface area contributed by atoms with Crippen molar-refractivity contribution < 1.29 is 9.90 Å². The van der Waals surface area contributed by atoms with E-state index in [1.807, 2.05) is 18.2 Å². The molecule has 3 rings (SSSR count). The van der Waals surface area contributed by atoms with Crippen molar-refractivity contribution in [2.45, 2.75) is 19.3 Å². The molecule has 102 valence electrons. The topological polar surface area (TPSA) is 120 Å². The summed E-state index contributed by atoms with van der Waals surface area (Å²) in [5, 5.41) is 22.5. The number of aromatic amines is 2. The van der Waals surface area contributed by atoms with Crippen LogP contribution in [0.5, 0.6) is 0 Å². The number of aromatic nitrogens is 6. The maximum absolute atomic E-state index is 10.9. The summed E-state index contributed by atoms with van der Waals surface area (Å²) in [7, 11) is 0. The zero-order valence-electron chi connectivity index (χ0n) is 10.5. The average Bonchev–Trinajstić information content (AvgIpc) is 3.07. The quantitative estimate of drug-likeness (QED) is 0.636. The minimum Gasteiger partial charge on any atom is -0.475 e. The fourth-order valence-electron chi connectivity index (χ4n) is 2.13. The van der Waals surface area contributed by atoms with Crippen LogP contribution in [0.15, 0.2) is 18.2 Å². The number of fused-ring (bicyclic) bond motifs is 1. The molecule has 0 aliphatic rings. The number of imidazole rings is 1. The lowest BCUT2D eigenvalue weighted by atomic mass is 10.1. The third kappa shape index (κ3) is 2.35. The molecule has 0 atom stereocenters. The van der Waals surface area contributed by atoms with Crippen molar-refractivity contribution in [1.29, 1.82) is 0 Å². The number of nitrogens with zero attached hydrogens (tertiary/aromatic N) is 4. The van der Waals surface area contributed by atoms with Crippen LogP contribution in [0.2, 0.25) is 0 Å². The van der Waals surface area contributed by atoms with Gasteiger partial charge in [-0.25, -0.2) is 14.9 Å². The first-order valence-electron chi connectivity index (χ1n) is 6.17. The van der Waals surface area contributed by atoms with Gasteiger partial charge in [-0.05, 0) is 34.9 Å². The highest BCUT2D eigenvalue weighted by molar-refractivity contribution is 5.89. The largest absolute Gasteiger partial charge is 0.475 e.